The number of nitrogens with one attached hydrogen (secondary N) is 1. The maximum atomic E-state index is 12.8. The van der Waals surface area contributed by atoms with Crippen molar-refractivity contribution in [2.24, 2.45) is 0 Å². The highest BCUT2D eigenvalue weighted by molar-refractivity contribution is 5.97. The van der Waals surface area contributed by atoms with E-state index in [1.54, 1.807) is 12.1 Å². The summed E-state index contributed by atoms with van der Waals surface area (Å²) in [5.74, 6) is -0.151. The van der Waals surface area contributed by atoms with Crippen molar-refractivity contribution >= 4 is 11.7 Å². The number of carbonyl (C=O) groups excluding carboxylic acids is 2. The molecule has 0 atom stereocenters. The van der Waals surface area contributed by atoms with E-state index in [-0.39, 0.29) is 24.1 Å². The first-order valence-electron chi connectivity index (χ1n) is 11.4. The third-order valence-corrected chi connectivity index (χ3v) is 5.15. The second kappa shape index (κ2) is 14.2. The predicted octanol–water partition coefficient (Wildman–Crippen LogP) is 6.57. The molecule has 4 heteroatoms. The van der Waals surface area contributed by atoms with E-state index in [9.17, 15) is 9.59 Å². The van der Waals surface area contributed by atoms with E-state index in [2.05, 4.69) is 12.2 Å². The molecule has 0 heterocycles. The van der Waals surface area contributed by atoms with Crippen molar-refractivity contribution in [3.63, 3.8) is 0 Å². The molecule has 0 saturated carbocycles. The summed E-state index contributed by atoms with van der Waals surface area (Å²) in [6.07, 6.45) is 8.76. The van der Waals surface area contributed by atoms with Crippen molar-refractivity contribution in [2.75, 3.05) is 0 Å². The molecule has 2 aromatic carbocycles. The number of carbonyl (C=O) groups is 2. The SMILES string of the molecule is CCCCCCCCC/C(NC(=O)c1ccccc1)=C(\OCc1ccccc1)C(C)=O. The van der Waals surface area contributed by atoms with Gasteiger partial charge < -0.3 is 10.1 Å². The number of ketones is 1. The summed E-state index contributed by atoms with van der Waals surface area (Å²) in [7, 11) is 0. The lowest BCUT2D eigenvalue weighted by molar-refractivity contribution is -0.117. The van der Waals surface area contributed by atoms with Gasteiger partial charge in [0.15, 0.2) is 11.5 Å². The van der Waals surface area contributed by atoms with E-state index >= 15 is 0 Å². The summed E-state index contributed by atoms with van der Waals surface area (Å²) in [4.78, 5) is 25.1. The molecule has 0 bridgehead atoms. The van der Waals surface area contributed by atoms with Crippen LogP contribution in [0.2, 0.25) is 0 Å². The van der Waals surface area contributed by atoms with Crippen molar-refractivity contribution in [1.82, 2.24) is 5.32 Å². The fourth-order valence-corrected chi connectivity index (χ4v) is 3.42. The average molecular weight is 422 g/mol. The number of benzene rings is 2. The van der Waals surface area contributed by atoms with Gasteiger partial charge in [0.05, 0.1) is 5.70 Å². The molecule has 2 rings (SSSR count). The zero-order valence-corrected chi connectivity index (χ0v) is 18.9. The number of Topliss-reactive ketones (excluding diaryl/α,β-unsaturated/α-hetero) is 1. The van der Waals surface area contributed by atoms with Crippen LogP contribution in [0.25, 0.3) is 0 Å². The first kappa shape index (κ1) is 24.4. The first-order chi connectivity index (χ1) is 15.1. The van der Waals surface area contributed by atoms with Gasteiger partial charge in [0, 0.05) is 12.5 Å². The van der Waals surface area contributed by atoms with Gasteiger partial charge in [0.25, 0.3) is 5.91 Å². The molecular formula is C27H35NO3. The van der Waals surface area contributed by atoms with Crippen LogP contribution in [0.4, 0.5) is 0 Å². The lowest BCUT2D eigenvalue weighted by atomic mass is 10.1. The Morgan fingerprint density at radius 2 is 1.39 bits per heavy atom. The molecule has 0 aliphatic heterocycles. The van der Waals surface area contributed by atoms with Crippen LogP contribution in [0.1, 0.15) is 81.1 Å². The fourth-order valence-electron chi connectivity index (χ4n) is 3.42. The summed E-state index contributed by atoms with van der Waals surface area (Å²) in [6, 6.07) is 18.8. The number of hydrogen-bond donors (Lipinski definition) is 1. The Bertz CT molecular complexity index is 828. The standard InChI is InChI=1S/C27H35NO3/c1-3-4-5-6-7-8-15-20-25(28-27(30)24-18-13-10-14-19-24)26(22(2)29)31-21-23-16-11-9-12-17-23/h9-14,16-19H,3-8,15,20-21H2,1-2H3,(H,28,30)/b26-25+. The van der Waals surface area contributed by atoms with Crippen LogP contribution in [0.3, 0.4) is 0 Å². The zero-order chi connectivity index (χ0) is 22.3. The van der Waals surface area contributed by atoms with Gasteiger partial charge in [-0.1, -0.05) is 94.0 Å². The van der Waals surface area contributed by atoms with Crippen LogP contribution in [0.5, 0.6) is 0 Å². The van der Waals surface area contributed by atoms with Gasteiger partial charge in [0.2, 0.25) is 0 Å². The Morgan fingerprint density at radius 1 is 0.806 bits per heavy atom. The smallest absolute Gasteiger partial charge is 0.255 e. The lowest BCUT2D eigenvalue weighted by Crippen LogP contribution is -2.26. The number of unbranched alkanes of at least 4 members (excludes halogenated alkanes) is 6. The van der Waals surface area contributed by atoms with Crippen LogP contribution in [-0.4, -0.2) is 11.7 Å². The predicted molar refractivity (Wildman–Crippen MR) is 125 cm³/mol. The van der Waals surface area contributed by atoms with Crippen LogP contribution in [0.15, 0.2) is 72.1 Å². The molecule has 0 spiro atoms. The summed E-state index contributed by atoms with van der Waals surface area (Å²) in [6.45, 7) is 3.99. The first-order valence-corrected chi connectivity index (χ1v) is 11.4. The minimum absolute atomic E-state index is 0.178. The van der Waals surface area contributed by atoms with E-state index in [1.807, 2.05) is 48.5 Å². The van der Waals surface area contributed by atoms with Gasteiger partial charge in [-0.25, -0.2) is 0 Å². The molecule has 0 radical (unpaired) electrons. The molecule has 31 heavy (non-hydrogen) atoms. The Labute approximate surface area is 186 Å². The van der Waals surface area contributed by atoms with Gasteiger partial charge in [-0.2, -0.15) is 0 Å². The van der Waals surface area contributed by atoms with Gasteiger partial charge >= 0.3 is 0 Å². The van der Waals surface area contributed by atoms with Crippen molar-refractivity contribution in [2.45, 2.75) is 71.8 Å². The Kier molecular flexibility index (Phi) is 11.2. The number of ether oxygens (including phenoxy) is 1. The molecule has 166 valence electrons. The van der Waals surface area contributed by atoms with E-state index in [1.165, 1.54) is 39.0 Å². The maximum Gasteiger partial charge on any atom is 0.255 e. The van der Waals surface area contributed by atoms with Crippen LogP contribution >= 0.6 is 0 Å². The third-order valence-electron chi connectivity index (χ3n) is 5.15. The van der Waals surface area contributed by atoms with Gasteiger partial charge in [-0.3, -0.25) is 9.59 Å². The molecule has 0 aliphatic rings. The third kappa shape index (κ3) is 9.20. The average Bonchev–Trinajstić information content (AvgIpc) is 2.79. The molecule has 0 fully saturated rings. The highest BCUT2D eigenvalue weighted by Gasteiger charge is 2.17. The Hall–Kier alpha value is -2.88. The van der Waals surface area contributed by atoms with E-state index in [4.69, 9.17) is 4.74 Å². The molecule has 0 saturated heterocycles. The van der Waals surface area contributed by atoms with Crippen LogP contribution < -0.4 is 5.32 Å². The van der Waals surface area contributed by atoms with E-state index in [0.29, 0.717) is 17.7 Å². The van der Waals surface area contributed by atoms with Crippen LogP contribution in [-0.2, 0) is 16.1 Å². The highest BCUT2D eigenvalue weighted by atomic mass is 16.5. The minimum Gasteiger partial charge on any atom is -0.483 e. The van der Waals surface area contributed by atoms with Crippen LogP contribution in [0, 0.1) is 0 Å². The number of hydrogen-bond acceptors (Lipinski definition) is 3. The number of rotatable bonds is 14. The van der Waals surface area contributed by atoms with Gasteiger partial charge in [-0.15, -0.1) is 0 Å². The molecule has 4 nitrogen and oxygen atoms in total. The van der Waals surface area contributed by atoms with Crippen molar-refractivity contribution in [1.29, 1.82) is 0 Å². The van der Waals surface area contributed by atoms with E-state index in [0.717, 1.165) is 18.4 Å². The zero-order valence-electron chi connectivity index (χ0n) is 18.9. The maximum absolute atomic E-state index is 12.8. The fraction of sp³-hybridized carbons (Fsp3) is 0.407. The molecule has 1 amide bonds. The molecule has 0 aliphatic carbocycles. The molecular weight excluding hydrogens is 386 g/mol. The molecule has 1 N–H and O–H groups in total. The topological polar surface area (TPSA) is 55.4 Å². The molecule has 0 aromatic heterocycles. The lowest BCUT2D eigenvalue weighted by Gasteiger charge is -2.16. The normalized spacial score (nSPS) is 11.5. The largest absolute Gasteiger partial charge is 0.483 e. The summed E-state index contributed by atoms with van der Waals surface area (Å²) < 4.78 is 5.91. The second-order valence-corrected chi connectivity index (χ2v) is 7.83. The number of amides is 1. The van der Waals surface area contributed by atoms with Crippen molar-refractivity contribution in [3.8, 4) is 0 Å². The van der Waals surface area contributed by atoms with Gasteiger partial charge in [0.1, 0.15) is 6.61 Å². The highest BCUT2D eigenvalue weighted by Crippen LogP contribution is 2.18. The summed E-state index contributed by atoms with van der Waals surface area (Å²) in [5.41, 5.74) is 2.11. The summed E-state index contributed by atoms with van der Waals surface area (Å²) in [5, 5.41) is 2.96. The van der Waals surface area contributed by atoms with E-state index < -0.39 is 0 Å². The Balaban J connectivity index is 2.09. The Morgan fingerprint density at radius 3 is 2.00 bits per heavy atom. The quantitative estimate of drug-likeness (QED) is 0.213. The summed E-state index contributed by atoms with van der Waals surface area (Å²) >= 11 is 0. The molecule has 2 aromatic rings. The number of allylic oxidation sites excluding steroid dienone is 2. The van der Waals surface area contributed by atoms with Crippen molar-refractivity contribution < 1.29 is 14.3 Å². The van der Waals surface area contributed by atoms with Gasteiger partial charge in [-0.05, 0) is 30.5 Å². The second-order valence-electron chi connectivity index (χ2n) is 7.83. The molecule has 0 unspecified atom stereocenters. The van der Waals surface area contributed by atoms with Crippen molar-refractivity contribution in [3.05, 3.63) is 83.2 Å². The minimum atomic E-state index is -0.222. The monoisotopic (exact) mass is 421 g/mol.